The summed E-state index contributed by atoms with van der Waals surface area (Å²) in [6.07, 6.45) is 2.41. The molecule has 0 aliphatic rings. The van der Waals surface area contributed by atoms with Gasteiger partial charge in [-0.25, -0.2) is 0 Å². The number of rotatable bonds is 4. The molecule has 0 unspecified atom stereocenters. The van der Waals surface area contributed by atoms with E-state index in [0.717, 1.165) is 23.2 Å². The molecule has 0 radical (unpaired) electrons. The van der Waals surface area contributed by atoms with Gasteiger partial charge in [0.1, 0.15) is 5.78 Å². The van der Waals surface area contributed by atoms with Gasteiger partial charge in [-0.3, -0.25) is 9.48 Å². The minimum Gasteiger partial charge on any atom is -0.300 e. The van der Waals surface area contributed by atoms with Crippen LogP contribution in [0.15, 0.2) is 30.5 Å². The lowest BCUT2D eigenvalue weighted by Crippen LogP contribution is -1.98. The average Bonchev–Trinajstić information content (AvgIpc) is 2.71. The van der Waals surface area contributed by atoms with Gasteiger partial charge < -0.3 is 0 Å². The number of ketones is 1. The normalized spacial score (nSPS) is 10.6. The van der Waals surface area contributed by atoms with E-state index in [4.69, 9.17) is 0 Å². The number of aromatic nitrogens is 2. The van der Waals surface area contributed by atoms with Gasteiger partial charge in [-0.15, -0.1) is 0 Å². The first-order valence-corrected chi connectivity index (χ1v) is 6.23. The van der Waals surface area contributed by atoms with Crippen molar-refractivity contribution in [2.45, 2.75) is 33.7 Å². The third-order valence-electron chi connectivity index (χ3n) is 3.12. The summed E-state index contributed by atoms with van der Waals surface area (Å²) in [5.41, 5.74) is 4.55. The van der Waals surface area contributed by atoms with Crippen LogP contribution in [-0.4, -0.2) is 15.6 Å². The Morgan fingerprint density at radius 1 is 1.28 bits per heavy atom. The van der Waals surface area contributed by atoms with Gasteiger partial charge in [-0.2, -0.15) is 5.10 Å². The molecular formula is C15H18N2O. The Morgan fingerprint density at radius 3 is 2.44 bits per heavy atom. The van der Waals surface area contributed by atoms with Crippen molar-refractivity contribution >= 4 is 5.78 Å². The molecule has 0 bridgehead atoms. The quantitative estimate of drug-likeness (QED) is 0.826. The monoisotopic (exact) mass is 242 g/mol. The number of benzene rings is 1. The van der Waals surface area contributed by atoms with Crippen LogP contribution in [0.1, 0.15) is 25.1 Å². The predicted octanol–water partition coefficient (Wildman–Crippen LogP) is 3.01. The summed E-state index contributed by atoms with van der Waals surface area (Å²) < 4.78 is 1.98. The first kappa shape index (κ1) is 12.6. The number of carbonyl (C=O) groups is 1. The molecule has 3 heteroatoms. The molecule has 0 aliphatic heterocycles. The first-order chi connectivity index (χ1) is 8.61. The summed E-state index contributed by atoms with van der Waals surface area (Å²) in [6.45, 7) is 6.66. The fraction of sp³-hybridized carbons (Fsp3) is 0.333. The van der Waals surface area contributed by atoms with Crippen LogP contribution in [-0.2, 0) is 17.8 Å². The highest BCUT2D eigenvalue weighted by Gasteiger charge is 2.07. The van der Waals surface area contributed by atoms with Crippen molar-refractivity contribution in [2.75, 3.05) is 0 Å². The van der Waals surface area contributed by atoms with E-state index < -0.39 is 0 Å². The molecule has 1 aromatic carbocycles. The lowest BCUT2D eigenvalue weighted by molar-refractivity contribution is -0.116. The second kappa shape index (κ2) is 5.17. The van der Waals surface area contributed by atoms with E-state index in [0.29, 0.717) is 6.42 Å². The zero-order chi connectivity index (χ0) is 13.1. The van der Waals surface area contributed by atoms with Crippen molar-refractivity contribution in [3.63, 3.8) is 0 Å². The summed E-state index contributed by atoms with van der Waals surface area (Å²) in [4.78, 5) is 11.1. The minimum absolute atomic E-state index is 0.192. The van der Waals surface area contributed by atoms with Gasteiger partial charge >= 0.3 is 0 Å². The van der Waals surface area contributed by atoms with E-state index in [-0.39, 0.29) is 5.78 Å². The second-order valence-corrected chi connectivity index (χ2v) is 4.54. The molecule has 0 atom stereocenters. The van der Waals surface area contributed by atoms with Crippen LogP contribution >= 0.6 is 0 Å². The van der Waals surface area contributed by atoms with Crippen molar-refractivity contribution in [1.29, 1.82) is 0 Å². The van der Waals surface area contributed by atoms with Crippen molar-refractivity contribution < 1.29 is 4.79 Å². The summed E-state index contributed by atoms with van der Waals surface area (Å²) in [5.74, 6) is 0.192. The fourth-order valence-corrected chi connectivity index (χ4v) is 2.14. The van der Waals surface area contributed by atoms with Crippen LogP contribution in [0.25, 0.3) is 11.1 Å². The third-order valence-corrected chi connectivity index (χ3v) is 3.12. The van der Waals surface area contributed by atoms with Crippen LogP contribution in [0.3, 0.4) is 0 Å². The Labute approximate surface area is 107 Å². The van der Waals surface area contributed by atoms with E-state index in [9.17, 15) is 4.79 Å². The lowest BCUT2D eigenvalue weighted by Gasteiger charge is -2.04. The van der Waals surface area contributed by atoms with E-state index in [1.807, 2.05) is 23.0 Å². The molecule has 0 spiro atoms. The molecule has 0 N–H and O–H groups in total. The van der Waals surface area contributed by atoms with Crippen molar-refractivity contribution in [2.24, 2.45) is 0 Å². The van der Waals surface area contributed by atoms with Crippen LogP contribution < -0.4 is 0 Å². The SMILES string of the molecule is CCn1ncc(-c2ccc(CC(C)=O)cc2)c1C. The number of aryl methyl sites for hydroxylation is 1. The maximum Gasteiger partial charge on any atom is 0.134 e. The van der Waals surface area contributed by atoms with Crippen LogP contribution in [0.2, 0.25) is 0 Å². The summed E-state index contributed by atoms with van der Waals surface area (Å²) >= 11 is 0. The van der Waals surface area contributed by atoms with Gasteiger partial charge in [-0.1, -0.05) is 24.3 Å². The van der Waals surface area contributed by atoms with Crippen LogP contribution in [0.4, 0.5) is 0 Å². The van der Waals surface area contributed by atoms with E-state index in [1.54, 1.807) is 6.92 Å². The summed E-state index contributed by atoms with van der Waals surface area (Å²) in [6, 6.07) is 8.14. The maximum atomic E-state index is 11.1. The molecule has 0 saturated carbocycles. The van der Waals surface area contributed by atoms with Gasteiger partial charge in [0.25, 0.3) is 0 Å². The molecule has 2 rings (SSSR count). The van der Waals surface area contributed by atoms with Crippen LogP contribution in [0.5, 0.6) is 0 Å². The minimum atomic E-state index is 0.192. The standard InChI is InChI=1S/C15H18N2O/c1-4-17-12(3)15(10-16-17)14-7-5-13(6-8-14)9-11(2)18/h5-8,10H,4,9H2,1-3H3. The molecule has 0 aliphatic carbocycles. The highest BCUT2D eigenvalue weighted by molar-refractivity contribution is 5.78. The Bertz CT molecular complexity index is 552. The molecule has 0 amide bonds. The second-order valence-electron chi connectivity index (χ2n) is 4.54. The average molecular weight is 242 g/mol. The van der Waals surface area contributed by atoms with Gasteiger partial charge in [0.15, 0.2) is 0 Å². The molecule has 2 aromatic rings. The Morgan fingerprint density at radius 2 is 1.94 bits per heavy atom. The van der Waals surface area contributed by atoms with E-state index in [1.165, 1.54) is 5.69 Å². The van der Waals surface area contributed by atoms with Gasteiger partial charge in [0, 0.05) is 24.2 Å². The maximum absolute atomic E-state index is 11.1. The van der Waals surface area contributed by atoms with Gasteiger partial charge in [0.05, 0.1) is 6.20 Å². The molecule has 1 heterocycles. The molecule has 94 valence electrons. The molecule has 0 fully saturated rings. The number of hydrogen-bond acceptors (Lipinski definition) is 2. The van der Waals surface area contributed by atoms with Crippen LogP contribution in [0, 0.1) is 6.92 Å². The molecule has 3 nitrogen and oxygen atoms in total. The van der Waals surface area contributed by atoms with Crippen molar-refractivity contribution in [3.05, 3.63) is 41.7 Å². The Balaban J connectivity index is 2.28. The fourth-order valence-electron chi connectivity index (χ4n) is 2.14. The highest BCUT2D eigenvalue weighted by atomic mass is 16.1. The van der Waals surface area contributed by atoms with Gasteiger partial charge in [0.2, 0.25) is 0 Å². The Kier molecular flexibility index (Phi) is 3.60. The van der Waals surface area contributed by atoms with Crippen molar-refractivity contribution in [3.8, 4) is 11.1 Å². The zero-order valence-electron chi connectivity index (χ0n) is 11.1. The lowest BCUT2D eigenvalue weighted by atomic mass is 10.0. The molecule has 1 aromatic heterocycles. The van der Waals surface area contributed by atoms with Crippen molar-refractivity contribution in [1.82, 2.24) is 9.78 Å². The topological polar surface area (TPSA) is 34.9 Å². The predicted molar refractivity (Wildman–Crippen MR) is 72.5 cm³/mol. The first-order valence-electron chi connectivity index (χ1n) is 6.23. The smallest absolute Gasteiger partial charge is 0.134 e. The Hall–Kier alpha value is -1.90. The highest BCUT2D eigenvalue weighted by Crippen LogP contribution is 2.23. The number of nitrogens with zero attached hydrogens (tertiary/aromatic N) is 2. The largest absolute Gasteiger partial charge is 0.300 e. The third kappa shape index (κ3) is 2.50. The number of Topliss-reactive ketones (excluding diaryl/α,β-unsaturated/α-hetero) is 1. The molecule has 0 saturated heterocycles. The molecular weight excluding hydrogens is 224 g/mol. The van der Waals surface area contributed by atoms with E-state index in [2.05, 4.69) is 31.1 Å². The van der Waals surface area contributed by atoms with Gasteiger partial charge in [-0.05, 0) is 31.9 Å². The summed E-state index contributed by atoms with van der Waals surface area (Å²) in [7, 11) is 0. The summed E-state index contributed by atoms with van der Waals surface area (Å²) in [5, 5.41) is 4.34. The number of carbonyl (C=O) groups excluding carboxylic acids is 1. The van der Waals surface area contributed by atoms with E-state index >= 15 is 0 Å². The zero-order valence-corrected chi connectivity index (χ0v) is 11.1. The molecule has 18 heavy (non-hydrogen) atoms. The number of hydrogen-bond donors (Lipinski definition) is 0.